The Morgan fingerprint density at radius 3 is 2.56 bits per heavy atom. The van der Waals surface area contributed by atoms with Crippen molar-refractivity contribution in [2.75, 3.05) is 18.6 Å². The van der Waals surface area contributed by atoms with Gasteiger partial charge in [-0.1, -0.05) is 12.2 Å². The first kappa shape index (κ1) is 15.1. The monoisotopic (exact) mass is 271 g/mol. The molecule has 2 N–H and O–H groups in total. The minimum Gasteiger partial charge on any atom is -0.481 e. The van der Waals surface area contributed by atoms with Crippen molar-refractivity contribution in [3.8, 4) is 0 Å². The van der Waals surface area contributed by atoms with Crippen molar-refractivity contribution in [2.24, 2.45) is 11.8 Å². The van der Waals surface area contributed by atoms with Crippen LogP contribution in [0.3, 0.4) is 0 Å². The van der Waals surface area contributed by atoms with E-state index in [-0.39, 0.29) is 5.91 Å². The molecule has 0 saturated heterocycles. The van der Waals surface area contributed by atoms with Gasteiger partial charge < -0.3 is 10.4 Å². The molecule has 0 spiro atoms. The van der Waals surface area contributed by atoms with Gasteiger partial charge in [-0.05, 0) is 37.7 Å². The molecule has 0 aromatic heterocycles. The number of carboxylic acids is 1. The molecule has 2 atom stereocenters. The Labute approximate surface area is 112 Å². The average Bonchev–Trinajstić information content (AvgIpc) is 2.38. The number of aliphatic carboxylic acids is 1. The van der Waals surface area contributed by atoms with Crippen molar-refractivity contribution in [1.82, 2.24) is 5.32 Å². The van der Waals surface area contributed by atoms with E-state index in [4.69, 9.17) is 5.11 Å². The van der Waals surface area contributed by atoms with Crippen molar-refractivity contribution < 1.29 is 14.7 Å². The largest absolute Gasteiger partial charge is 0.481 e. The van der Waals surface area contributed by atoms with E-state index >= 15 is 0 Å². The molecule has 1 aliphatic carbocycles. The molecule has 0 radical (unpaired) electrons. The zero-order chi connectivity index (χ0) is 13.4. The fourth-order valence-electron chi connectivity index (χ4n) is 2.09. The predicted molar refractivity (Wildman–Crippen MR) is 73.6 cm³/mol. The smallest absolute Gasteiger partial charge is 0.307 e. The SMILES string of the molecule is CSCCCCNC(=O)C1CC=CCC1C(=O)O. The van der Waals surface area contributed by atoms with Gasteiger partial charge in [0.2, 0.25) is 5.91 Å². The van der Waals surface area contributed by atoms with E-state index in [1.807, 2.05) is 12.2 Å². The molecule has 102 valence electrons. The second-order valence-electron chi connectivity index (χ2n) is 4.48. The fraction of sp³-hybridized carbons (Fsp3) is 0.692. The highest BCUT2D eigenvalue weighted by atomic mass is 32.2. The molecule has 0 aromatic rings. The van der Waals surface area contributed by atoms with Crippen LogP contribution in [0.5, 0.6) is 0 Å². The van der Waals surface area contributed by atoms with E-state index < -0.39 is 17.8 Å². The van der Waals surface area contributed by atoms with Crippen LogP contribution < -0.4 is 5.32 Å². The highest BCUT2D eigenvalue weighted by Gasteiger charge is 2.33. The van der Waals surface area contributed by atoms with Crippen LogP contribution in [0.1, 0.15) is 25.7 Å². The number of hydrogen-bond donors (Lipinski definition) is 2. The quantitative estimate of drug-likeness (QED) is 0.548. The molecular weight excluding hydrogens is 250 g/mol. The lowest BCUT2D eigenvalue weighted by atomic mass is 9.82. The molecule has 1 amide bonds. The van der Waals surface area contributed by atoms with Crippen LogP contribution >= 0.6 is 11.8 Å². The molecule has 4 nitrogen and oxygen atoms in total. The van der Waals surface area contributed by atoms with Crippen LogP contribution in [-0.2, 0) is 9.59 Å². The first-order valence-corrected chi connectivity index (χ1v) is 7.70. The van der Waals surface area contributed by atoms with Gasteiger partial charge in [0, 0.05) is 6.54 Å². The van der Waals surface area contributed by atoms with Crippen LogP contribution in [0.25, 0.3) is 0 Å². The van der Waals surface area contributed by atoms with E-state index in [0.717, 1.165) is 18.6 Å². The van der Waals surface area contributed by atoms with Crippen LogP contribution in [-0.4, -0.2) is 35.5 Å². The van der Waals surface area contributed by atoms with E-state index in [0.29, 0.717) is 19.4 Å². The minimum absolute atomic E-state index is 0.115. The molecular formula is C13H21NO3S. The lowest BCUT2D eigenvalue weighted by Crippen LogP contribution is -2.39. The minimum atomic E-state index is -0.873. The molecule has 0 aromatic carbocycles. The van der Waals surface area contributed by atoms with Gasteiger partial charge in [-0.2, -0.15) is 11.8 Å². The summed E-state index contributed by atoms with van der Waals surface area (Å²) >= 11 is 1.79. The van der Waals surface area contributed by atoms with Gasteiger partial charge in [0.25, 0.3) is 0 Å². The average molecular weight is 271 g/mol. The second-order valence-corrected chi connectivity index (χ2v) is 5.47. The topological polar surface area (TPSA) is 66.4 Å². The Morgan fingerprint density at radius 1 is 1.28 bits per heavy atom. The third kappa shape index (κ3) is 4.72. The maximum absolute atomic E-state index is 11.9. The molecule has 18 heavy (non-hydrogen) atoms. The number of thioether (sulfide) groups is 1. The number of carboxylic acid groups (broad SMARTS) is 1. The molecule has 0 bridgehead atoms. The summed E-state index contributed by atoms with van der Waals surface area (Å²) in [7, 11) is 0. The van der Waals surface area contributed by atoms with Crippen LogP contribution in [0.4, 0.5) is 0 Å². The lowest BCUT2D eigenvalue weighted by Gasteiger charge is -2.24. The third-order valence-corrected chi connectivity index (χ3v) is 3.86. The Hall–Kier alpha value is -0.970. The predicted octanol–water partition coefficient (Wildman–Crippen LogP) is 1.91. The van der Waals surface area contributed by atoms with Crippen molar-refractivity contribution in [3.05, 3.63) is 12.2 Å². The normalized spacial score (nSPS) is 22.7. The van der Waals surface area contributed by atoms with Gasteiger partial charge in [-0.15, -0.1) is 0 Å². The Kier molecular flexibility index (Phi) is 6.86. The third-order valence-electron chi connectivity index (χ3n) is 3.16. The molecule has 0 fully saturated rings. The molecule has 0 heterocycles. The number of allylic oxidation sites excluding steroid dienone is 2. The first-order chi connectivity index (χ1) is 8.66. The summed E-state index contributed by atoms with van der Waals surface area (Å²) in [5.74, 6) is -0.869. The van der Waals surface area contributed by atoms with Gasteiger partial charge in [-0.3, -0.25) is 9.59 Å². The molecule has 1 rings (SSSR count). The van der Waals surface area contributed by atoms with Gasteiger partial charge >= 0.3 is 5.97 Å². The van der Waals surface area contributed by atoms with E-state index in [1.54, 1.807) is 11.8 Å². The van der Waals surface area contributed by atoms with Crippen LogP contribution in [0.2, 0.25) is 0 Å². The Bertz CT molecular complexity index is 317. The van der Waals surface area contributed by atoms with Gasteiger partial charge in [0.05, 0.1) is 11.8 Å². The maximum Gasteiger partial charge on any atom is 0.307 e. The Balaban J connectivity index is 2.35. The van der Waals surface area contributed by atoms with Crippen molar-refractivity contribution in [2.45, 2.75) is 25.7 Å². The van der Waals surface area contributed by atoms with Crippen molar-refractivity contribution in [1.29, 1.82) is 0 Å². The van der Waals surface area contributed by atoms with Crippen molar-refractivity contribution >= 4 is 23.6 Å². The summed E-state index contributed by atoms with van der Waals surface area (Å²) in [6.45, 7) is 0.645. The number of amides is 1. The standard InChI is InChI=1S/C13H21NO3S/c1-18-9-5-4-8-14-12(15)10-6-2-3-7-11(10)13(16)17/h2-3,10-11H,4-9H2,1H3,(H,14,15)(H,16,17). The van der Waals surface area contributed by atoms with Crippen molar-refractivity contribution in [3.63, 3.8) is 0 Å². The number of rotatable bonds is 7. The fourth-order valence-corrected chi connectivity index (χ4v) is 2.58. The highest BCUT2D eigenvalue weighted by molar-refractivity contribution is 7.98. The summed E-state index contributed by atoms with van der Waals surface area (Å²) in [6, 6.07) is 0. The maximum atomic E-state index is 11.9. The zero-order valence-electron chi connectivity index (χ0n) is 10.7. The van der Waals surface area contributed by atoms with Gasteiger partial charge in [-0.25, -0.2) is 0 Å². The van der Waals surface area contributed by atoms with Crippen LogP contribution in [0.15, 0.2) is 12.2 Å². The zero-order valence-corrected chi connectivity index (χ0v) is 11.5. The molecule has 0 saturated carbocycles. The summed E-state index contributed by atoms with van der Waals surface area (Å²) in [5.41, 5.74) is 0. The first-order valence-electron chi connectivity index (χ1n) is 6.31. The number of carbonyl (C=O) groups is 2. The van der Waals surface area contributed by atoms with E-state index in [2.05, 4.69) is 11.6 Å². The summed E-state index contributed by atoms with van der Waals surface area (Å²) in [4.78, 5) is 23.0. The second kappa shape index (κ2) is 8.19. The number of unbranched alkanes of at least 4 members (excludes halogenated alkanes) is 1. The number of carbonyl (C=O) groups excluding carboxylic acids is 1. The number of nitrogens with one attached hydrogen (secondary N) is 1. The summed E-state index contributed by atoms with van der Waals surface area (Å²) in [5, 5.41) is 11.9. The summed E-state index contributed by atoms with van der Waals surface area (Å²) < 4.78 is 0. The Morgan fingerprint density at radius 2 is 1.94 bits per heavy atom. The molecule has 5 heteroatoms. The molecule has 0 aliphatic heterocycles. The van der Waals surface area contributed by atoms with Gasteiger partial charge in [0.15, 0.2) is 0 Å². The summed E-state index contributed by atoms with van der Waals surface area (Å²) in [6.07, 6.45) is 8.83. The number of hydrogen-bond acceptors (Lipinski definition) is 3. The highest BCUT2D eigenvalue weighted by Crippen LogP contribution is 2.25. The lowest BCUT2D eigenvalue weighted by molar-refractivity contribution is -0.147. The molecule has 1 aliphatic rings. The van der Waals surface area contributed by atoms with Crippen LogP contribution in [0, 0.1) is 11.8 Å². The van der Waals surface area contributed by atoms with Gasteiger partial charge in [0.1, 0.15) is 0 Å². The van der Waals surface area contributed by atoms with E-state index in [9.17, 15) is 9.59 Å². The molecule has 2 unspecified atom stereocenters. The van der Waals surface area contributed by atoms with E-state index in [1.165, 1.54) is 0 Å².